The molecule has 4 rings (SSSR count). The van der Waals surface area contributed by atoms with E-state index < -0.39 is 11.6 Å². The van der Waals surface area contributed by atoms with Crippen molar-refractivity contribution < 1.29 is 8.78 Å². The fraction of sp³-hybridized carbons (Fsp3) is 0.368. The fourth-order valence-corrected chi connectivity index (χ4v) is 3.60. The molecule has 1 aliphatic rings. The molecule has 2 aromatic heterocycles. The highest BCUT2D eigenvalue weighted by molar-refractivity contribution is 5.94. The molecule has 1 aliphatic heterocycles. The van der Waals surface area contributed by atoms with Crippen molar-refractivity contribution in [1.82, 2.24) is 15.0 Å². The van der Waals surface area contributed by atoms with Gasteiger partial charge < -0.3 is 9.88 Å². The lowest BCUT2D eigenvalue weighted by Gasteiger charge is -2.28. The summed E-state index contributed by atoms with van der Waals surface area (Å²) < 4.78 is 27.3. The zero-order valence-corrected chi connectivity index (χ0v) is 14.4. The second-order valence-corrected chi connectivity index (χ2v) is 6.65. The second-order valence-electron chi connectivity index (χ2n) is 6.65. The third kappa shape index (κ3) is 2.86. The number of rotatable bonds is 2. The molecular formula is C19H20F2N4. The van der Waals surface area contributed by atoms with Crippen LogP contribution in [0.1, 0.15) is 30.7 Å². The number of fused-ring (bicyclic) bond motifs is 1. The van der Waals surface area contributed by atoms with Gasteiger partial charge in [-0.25, -0.2) is 18.7 Å². The number of aromatic nitrogens is 3. The van der Waals surface area contributed by atoms with Gasteiger partial charge in [-0.1, -0.05) is 0 Å². The van der Waals surface area contributed by atoms with Gasteiger partial charge in [0.1, 0.15) is 23.0 Å². The highest BCUT2D eigenvalue weighted by atomic mass is 19.1. The largest absolute Gasteiger partial charge is 0.355 e. The highest BCUT2D eigenvalue weighted by Gasteiger charge is 2.21. The van der Waals surface area contributed by atoms with Crippen molar-refractivity contribution in [3.63, 3.8) is 0 Å². The number of nitrogens with one attached hydrogen (secondary N) is 1. The minimum Gasteiger partial charge on any atom is -0.355 e. The lowest BCUT2D eigenvalue weighted by Crippen LogP contribution is -2.30. The summed E-state index contributed by atoms with van der Waals surface area (Å²) in [5, 5.41) is 0. The van der Waals surface area contributed by atoms with Gasteiger partial charge in [0.25, 0.3) is 0 Å². The molecule has 0 unspecified atom stereocenters. The molecule has 6 heteroatoms. The Bertz CT molecular complexity index is 922. The van der Waals surface area contributed by atoms with Crippen LogP contribution in [0.3, 0.4) is 0 Å². The Kier molecular flexibility index (Phi) is 3.90. The van der Waals surface area contributed by atoms with Gasteiger partial charge in [0, 0.05) is 30.3 Å². The quantitative estimate of drug-likeness (QED) is 0.745. The average molecular weight is 342 g/mol. The molecule has 0 atom stereocenters. The number of nitrogens with zero attached hydrogens (tertiary/aromatic N) is 3. The van der Waals surface area contributed by atoms with E-state index in [1.54, 1.807) is 0 Å². The second kappa shape index (κ2) is 6.10. The molecule has 0 radical (unpaired) electrons. The molecule has 4 nitrogen and oxygen atoms in total. The first-order chi connectivity index (χ1) is 12.0. The van der Waals surface area contributed by atoms with E-state index in [0.29, 0.717) is 17.1 Å². The Morgan fingerprint density at radius 1 is 0.960 bits per heavy atom. The van der Waals surface area contributed by atoms with Crippen LogP contribution in [-0.2, 0) is 0 Å². The lowest BCUT2D eigenvalue weighted by molar-refractivity contribution is 0.574. The molecule has 0 spiro atoms. The fourth-order valence-electron chi connectivity index (χ4n) is 3.60. The van der Waals surface area contributed by atoms with E-state index in [1.165, 1.54) is 18.6 Å². The maximum atomic E-state index is 13.6. The normalized spacial score (nSPS) is 15.1. The smallest absolute Gasteiger partial charge is 0.156 e. The van der Waals surface area contributed by atoms with Crippen LogP contribution in [-0.4, -0.2) is 28.0 Å². The van der Waals surface area contributed by atoms with Crippen LogP contribution in [0.5, 0.6) is 0 Å². The number of benzene rings is 1. The summed E-state index contributed by atoms with van der Waals surface area (Å²) in [6, 6.07) is 3.55. The van der Waals surface area contributed by atoms with Gasteiger partial charge in [-0.2, -0.15) is 0 Å². The summed E-state index contributed by atoms with van der Waals surface area (Å²) in [5.74, 6) is 0.402. The minimum absolute atomic E-state index is 0.482. The lowest BCUT2D eigenvalue weighted by atomic mass is 10.1. The molecule has 130 valence electrons. The van der Waals surface area contributed by atoms with Crippen molar-refractivity contribution in [2.45, 2.75) is 33.1 Å². The summed E-state index contributed by atoms with van der Waals surface area (Å²) in [6.07, 6.45) is 3.53. The third-order valence-electron chi connectivity index (χ3n) is 4.79. The molecule has 1 aromatic carbocycles. The van der Waals surface area contributed by atoms with E-state index in [1.807, 2.05) is 13.8 Å². The van der Waals surface area contributed by atoms with Gasteiger partial charge in [-0.15, -0.1) is 0 Å². The molecule has 0 bridgehead atoms. The Morgan fingerprint density at radius 3 is 2.32 bits per heavy atom. The number of hydrogen-bond donors (Lipinski definition) is 1. The number of piperidine rings is 1. The van der Waals surface area contributed by atoms with E-state index >= 15 is 0 Å². The SMILES string of the molecule is Cc1nc(N2CCCCC2)c2[nH]c(-c3cc(F)cc(F)c3)c(C)c2n1. The first kappa shape index (κ1) is 16.0. The van der Waals surface area contributed by atoms with Crippen molar-refractivity contribution in [3.8, 4) is 11.3 Å². The van der Waals surface area contributed by atoms with Crippen molar-refractivity contribution in [3.05, 3.63) is 41.2 Å². The van der Waals surface area contributed by atoms with Crippen molar-refractivity contribution >= 4 is 16.9 Å². The zero-order chi connectivity index (χ0) is 17.6. The first-order valence-electron chi connectivity index (χ1n) is 8.61. The summed E-state index contributed by atoms with van der Waals surface area (Å²) >= 11 is 0. The van der Waals surface area contributed by atoms with Crippen LogP contribution in [0.15, 0.2) is 18.2 Å². The molecule has 0 amide bonds. The third-order valence-corrected chi connectivity index (χ3v) is 4.79. The Labute approximate surface area is 144 Å². The maximum absolute atomic E-state index is 13.6. The van der Waals surface area contributed by atoms with E-state index in [-0.39, 0.29) is 0 Å². The van der Waals surface area contributed by atoms with Gasteiger partial charge in [0.2, 0.25) is 0 Å². The zero-order valence-electron chi connectivity index (χ0n) is 14.4. The van der Waals surface area contributed by atoms with Crippen LogP contribution in [0.4, 0.5) is 14.6 Å². The van der Waals surface area contributed by atoms with Crippen LogP contribution < -0.4 is 4.90 Å². The summed E-state index contributed by atoms with van der Waals surface area (Å²) in [4.78, 5) is 14.8. The van der Waals surface area contributed by atoms with Crippen molar-refractivity contribution in [1.29, 1.82) is 0 Å². The molecule has 0 aliphatic carbocycles. The Morgan fingerprint density at radius 2 is 1.64 bits per heavy atom. The molecule has 1 saturated heterocycles. The van der Waals surface area contributed by atoms with Gasteiger partial charge in [-0.3, -0.25) is 0 Å². The van der Waals surface area contributed by atoms with Crippen LogP contribution >= 0.6 is 0 Å². The van der Waals surface area contributed by atoms with E-state index in [4.69, 9.17) is 0 Å². The Hall–Kier alpha value is -2.50. The summed E-state index contributed by atoms with van der Waals surface area (Å²) in [6.45, 7) is 5.73. The molecule has 25 heavy (non-hydrogen) atoms. The van der Waals surface area contributed by atoms with E-state index in [0.717, 1.165) is 54.4 Å². The van der Waals surface area contributed by atoms with Gasteiger partial charge in [0.15, 0.2) is 5.82 Å². The van der Waals surface area contributed by atoms with Crippen LogP contribution in [0.2, 0.25) is 0 Å². The molecular weight excluding hydrogens is 322 g/mol. The monoisotopic (exact) mass is 342 g/mol. The summed E-state index contributed by atoms with van der Waals surface area (Å²) in [5.41, 5.74) is 3.70. The molecule has 1 fully saturated rings. The van der Waals surface area contributed by atoms with Gasteiger partial charge in [0.05, 0.1) is 11.2 Å². The predicted molar refractivity (Wildman–Crippen MR) is 94.8 cm³/mol. The molecule has 3 aromatic rings. The van der Waals surface area contributed by atoms with Crippen molar-refractivity contribution in [2.24, 2.45) is 0 Å². The number of aromatic amines is 1. The number of hydrogen-bond acceptors (Lipinski definition) is 3. The van der Waals surface area contributed by atoms with Gasteiger partial charge >= 0.3 is 0 Å². The number of halogens is 2. The van der Waals surface area contributed by atoms with Crippen LogP contribution in [0.25, 0.3) is 22.3 Å². The van der Waals surface area contributed by atoms with Crippen molar-refractivity contribution in [2.75, 3.05) is 18.0 Å². The number of anilines is 1. The standard InChI is InChI=1S/C19H20F2N4/c1-11-16(13-8-14(20)10-15(21)9-13)24-18-17(11)22-12(2)23-19(18)25-6-4-3-5-7-25/h8-10,24H,3-7H2,1-2H3. The molecule has 1 N–H and O–H groups in total. The predicted octanol–water partition coefficient (Wildman–Crippen LogP) is 4.51. The minimum atomic E-state index is -0.591. The molecule has 3 heterocycles. The average Bonchev–Trinajstić information content (AvgIpc) is 2.91. The number of aryl methyl sites for hydroxylation is 2. The van der Waals surface area contributed by atoms with Gasteiger partial charge in [-0.05, 0) is 45.2 Å². The van der Waals surface area contributed by atoms with E-state index in [2.05, 4.69) is 19.9 Å². The van der Waals surface area contributed by atoms with Crippen LogP contribution in [0, 0.1) is 25.5 Å². The number of H-pyrrole nitrogens is 1. The topological polar surface area (TPSA) is 44.8 Å². The first-order valence-corrected chi connectivity index (χ1v) is 8.61. The maximum Gasteiger partial charge on any atom is 0.156 e. The van der Waals surface area contributed by atoms with E-state index in [9.17, 15) is 8.78 Å². The molecule has 0 saturated carbocycles. The summed E-state index contributed by atoms with van der Waals surface area (Å²) in [7, 11) is 0. The Balaban J connectivity index is 1.91. The highest BCUT2D eigenvalue weighted by Crippen LogP contribution is 2.34.